The molecule has 1 unspecified atom stereocenters. The fourth-order valence-electron chi connectivity index (χ4n) is 2.94. The van der Waals surface area contributed by atoms with Crippen LogP contribution in [-0.2, 0) is 10.3 Å². The van der Waals surface area contributed by atoms with Crippen molar-refractivity contribution in [2.45, 2.75) is 38.6 Å². The molecule has 0 aromatic carbocycles. The Kier molecular flexibility index (Phi) is 4.18. The monoisotopic (exact) mass is 304 g/mol. The summed E-state index contributed by atoms with van der Waals surface area (Å²) in [6.07, 6.45) is 2.88. The molecule has 6 nitrogen and oxygen atoms in total. The van der Waals surface area contributed by atoms with E-state index in [2.05, 4.69) is 20.0 Å². The molecular formula is C16H24N4O2. The first-order chi connectivity index (χ1) is 10.5. The molecular weight excluding hydrogens is 280 g/mol. The molecule has 3 rings (SSSR count). The van der Waals surface area contributed by atoms with Crippen molar-refractivity contribution in [1.82, 2.24) is 20.0 Å². The van der Waals surface area contributed by atoms with E-state index >= 15 is 0 Å². The van der Waals surface area contributed by atoms with Crippen LogP contribution >= 0.6 is 0 Å². The average Bonchev–Trinajstić information content (AvgIpc) is 2.94. The van der Waals surface area contributed by atoms with Gasteiger partial charge in [-0.1, -0.05) is 6.07 Å². The van der Waals surface area contributed by atoms with E-state index in [1.807, 2.05) is 45.3 Å². The number of aryl methyl sites for hydroxylation is 1. The van der Waals surface area contributed by atoms with Crippen LogP contribution in [0.25, 0.3) is 5.65 Å². The second-order valence-corrected chi connectivity index (χ2v) is 6.36. The molecule has 3 heterocycles. The molecule has 1 saturated heterocycles. The molecule has 0 amide bonds. The quantitative estimate of drug-likeness (QED) is 0.728. The Morgan fingerprint density at radius 3 is 3.09 bits per heavy atom. The number of hydrogen-bond acceptors (Lipinski definition) is 5. The summed E-state index contributed by atoms with van der Waals surface area (Å²) in [4.78, 5) is 4.50. The normalized spacial score (nSPS) is 21.2. The minimum absolute atomic E-state index is 0.242. The van der Waals surface area contributed by atoms with Gasteiger partial charge in [0.2, 0.25) is 0 Å². The van der Waals surface area contributed by atoms with Crippen LogP contribution in [0.2, 0.25) is 0 Å². The first kappa shape index (κ1) is 15.4. The van der Waals surface area contributed by atoms with E-state index in [0.29, 0.717) is 13.2 Å². The SMILES string of the molecule is Cc1cccn2c(C(C)(C)NC(O)[C@@H]3CNCCO3)cnc12. The summed E-state index contributed by atoms with van der Waals surface area (Å²) in [6.45, 7) is 8.23. The number of rotatable bonds is 4. The molecule has 1 fully saturated rings. The number of hydrogen-bond donors (Lipinski definition) is 3. The zero-order valence-electron chi connectivity index (χ0n) is 13.3. The lowest BCUT2D eigenvalue weighted by Gasteiger charge is -2.34. The summed E-state index contributed by atoms with van der Waals surface area (Å²) in [5, 5.41) is 16.9. The van der Waals surface area contributed by atoms with Gasteiger partial charge in [0.25, 0.3) is 0 Å². The number of nitrogens with zero attached hydrogens (tertiary/aromatic N) is 2. The van der Waals surface area contributed by atoms with Crippen molar-refractivity contribution in [3.05, 3.63) is 35.8 Å². The highest BCUT2D eigenvalue weighted by Crippen LogP contribution is 2.23. The van der Waals surface area contributed by atoms with Crippen molar-refractivity contribution in [1.29, 1.82) is 0 Å². The van der Waals surface area contributed by atoms with Gasteiger partial charge in [0, 0.05) is 19.3 Å². The maximum Gasteiger partial charge on any atom is 0.139 e. The summed E-state index contributed by atoms with van der Waals surface area (Å²) in [6, 6.07) is 4.05. The summed E-state index contributed by atoms with van der Waals surface area (Å²) in [5.41, 5.74) is 2.64. The van der Waals surface area contributed by atoms with Crippen LogP contribution in [0.5, 0.6) is 0 Å². The van der Waals surface area contributed by atoms with Crippen molar-refractivity contribution in [3.8, 4) is 0 Å². The Morgan fingerprint density at radius 1 is 1.55 bits per heavy atom. The molecule has 2 aromatic heterocycles. The topological polar surface area (TPSA) is 70.8 Å². The summed E-state index contributed by atoms with van der Waals surface area (Å²) in [5.74, 6) is 0. The number of aromatic nitrogens is 2. The van der Waals surface area contributed by atoms with Gasteiger partial charge in [-0.15, -0.1) is 0 Å². The van der Waals surface area contributed by atoms with E-state index in [0.717, 1.165) is 23.4 Å². The molecule has 2 atom stereocenters. The Balaban J connectivity index is 1.83. The van der Waals surface area contributed by atoms with Crippen LogP contribution < -0.4 is 10.6 Å². The van der Waals surface area contributed by atoms with Gasteiger partial charge in [-0.05, 0) is 32.4 Å². The van der Waals surface area contributed by atoms with Gasteiger partial charge >= 0.3 is 0 Å². The fraction of sp³-hybridized carbons (Fsp3) is 0.562. The smallest absolute Gasteiger partial charge is 0.139 e. The van der Waals surface area contributed by atoms with Crippen LogP contribution in [-0.4, -0.2) is 46.5 Å². The largest absolute Gasteiger partial charge is 0.376 e. The molecule has 2 aromatic rings. The van der Waals surface area contributed by atoms with Crippen molar-refractivity contribution in [3.63, 3.8) is 0 Å². The summed E-state index contributed by atoms with van der Waals surface area (Å²) >= 11 is 0. The first-order valence-corrected chi connectivity index (χ1v) is 7.70. The Morgan fingerprint density at radius 2 is 2.36 bits per heavy atom. The standard InChI is InChI=1S/C16H24N4O2/c1-11-5-4-7-20-13(10-18-14(11)20)16(2,3)19-15(21)12-9-17-6-8-22-12/h4-5,7,10,12,15,17,19,21H,6,8-9H2,1-3H3/t12-,15?/m0/s1. The van der Waals surface area contributed by atoms with Crippen molar-refractivity contribution in [2.24, 2.45) is 0 Å². The third-order valence-corrected chi connectivity index (χ3v) is 4.19. The number of morpholine rings is 1. The third-order valence-electron chi connectivity index (χ3n) is 4.19. The maximum atomic E-state index is 10.4. The molecule has 0 aliphatic carbocycles. The highest BCUT2D eigenvalue weighted by Gasteiger charge is 2.31. The number of nitrogens with one attached hydrogen (secondary N) is 2. The lowest BCUT2D eigenvalue weighted by Crippen LogP contribution is -2.55. The van der Waals surface area contributed by atoms with Gasteiger partial charge in [-0.25, -0.2) is 4.98 Å². The van der Waals surface area contributed by atoms with E-state index in [1.165, 1.54) is 0 Å². The Bertz CT molecular complexity index is 647. The van der Waals surface area contributed by atoms with Gasteiger partial charge < -0.3 is 19.6 Å². The zero-order chi connectivity index (χ0) is 15.7. The minimum atomic E-state index is -0.738. The van der Waals surface area contributed by atoms with Crippen molar-refractivity contribution >= 4 is 5.65 Å². The molecule has 3 N–H and O–H groups in total. The molecule has 0 bridgehead atoms. The van der Waals surface area contributed by atoms with Gasteiger partial charge in [-0.2, -0.15) is 0 Å². The van der Waals surface area contributed by atoms with E-state index in [1.54, 1.807) is 0 Å². The first-order valence-electron chi connectivity index (χ1n) is 7.70. The number of ether oxygens (including phenoxy) is 1. The lowest BCUT2D eigenvalue weighted by atomic mass is 10.00. The molecule has 6 heteroatoms. The number of aliphatic hydroxyl groups is 1. The Labute approximate surface area is 130 Å². The molecule has 0 spiro atoms. The molecule has 22 heavy (non-hydrogen) atoms. The van der Waals surface area contributed by atoms with Gasteiger partial charge in [0.15, 0.2) is 0 Å². The van der Waals surface area contributed by atoms with Crippen LogP contribution in [0.4, 0.5) is 0 Å². The highest BCUT2D eigenvalue weighted by molar-refractivity contribution is 5.49. The second kappa shape index (κ2) is 5.96. The van der Waals surface area contributed by atoms with E-state index < -0.39 is 11.8 Å². The van der Waals surface area contributed by atoms with E-state index in [-0.39, 0.29) is 6.10 Å². The highest BCUT2D eigenvalue weighted by atomic mass is 16.5. The van der Waals surface area contributed by atoms with Gasteiger partial charge in [0.1, 0.15) is 18.0 Å². The van der Waals surface area contributed by atoms with Gasteiger partial charge in [-0.3, -0.25) is 5.32 Å². The maximum absolute atomic E-state index is 10.4. The average molecular weight is 304 g/mol. The van der Waals surface area contributed by atoms with Crippen LogP contribution in [0.3, 0.4) is 0 Å². The van der Waals surface area contributed by atoms with Crippen LogP contribution in [0.1, 0.15) is 25.1 Å². The predicted octanol–water partition coefficient (Wildman–Crippen LogP) is 0.774. The second-order valence-electron chi connectivity index (χ2n) is 6.36. The molecule has 120 valence electrons. The molecule has 0 radical (unpaired) electrons. The molecule has 0 saturated carbocycles. The minimum Gasteiger partial charge on any atom is -0.376 e. The zero-order valence-corrected chi connectivity index (χ0v) is 13.3. The summed E-state index contributed by atoms with van der Waals surface area (Å²) < 4.78 is 7.68. The molecule has 1 aliphatic rings. The Hall–Kier alpha value is -1.47. The summed E-state index contributed by atoms with van der Waals surface area (Å²) in [7, 11) is 0. The van der Waals surface area contributed by atoms with Crippen LogP contribution in [0, 0.1) is 6.92 Å². The number of pyridine rings is 1. The fourth-order valence-corrected chi connectivity index (χ4v) is 2.94. The van der Waals surface area contributed by atoms with E-state index in [9.17, 15) is 5.11 Å². The number of aliphatic hydroxyl groups excluding tert-OH is 1. The van der Waals surface area contributed by atoms with E-state index in [4.69, 9.17) is 4.74 Å². The van der Waals surface area contributed by atoms with Gasteiger partial charge in [0.05, 0.1) is 24.0 Å². The van der Waals surface area contributed by atoms with Crippen molar-refractivity contribution < 1.29 is 9.84 Å². The van der Waals surface area contributed by atoms with Crippen LogP contribution in [0.15, 0.2) is 24.5 Å². The number of imidazole rings is 1. The number of fused-ring (bicyclic) bond motifs is 1. The van der Waals surface area contributed by atoms with Crippen molar-refractivity contribution in [2.75, 3.05) is 19.7 Å². The predicted molar refractivity (Wildman–Crippen MR) is 84.7 cm³/mol. The third kappa shape index (κ3) is 2.87. The molecule has 1 aliphatic heterocycles. The lowest BCUT2D eigenvalue weighted by molar-refractivity contribution is -0.0752.